The monoisotopic (exact) mass is 288 g/mol. The Hall–Kier alpha value is -0.280. The Bertz CT molecular complexity index is 351. The molecule has 1 atom stereocenters. The summed E-state index contributed by atoms with van der Waals surface area (Å²) in [5.74, 6) is 0.788. The first kappa shape index (κ1) is 15.8. The minimum Gasteiger partial charge on any atom is -0.316 e. The summed E-state index contributed by atoms with van der Waals surface area (Å²) in [4.78, 5) is 2.37. The van der Waals surface area contributed by atoms with Gasteiger partial charge in [0.2, 0.25) is 0 Å². The highest BCUT2D eigenvalue weighted by Crippen LogP contribution is 2.18. The van der Waals surface area contributed by atoms with Gasteiger partial charge in [0.25, 0.3) is 0 Å². The van der Waals surface area contributed by atoms with Gasteiger partial charge in [-0.15, -0.1) is 12.4 Å². The molecule has 18 heavy (non-hydrogen) atoms. The van der Waals surface area contributed by atoms with E-state index < -0.39 is 0 Å². The van der Waals surface area contributed by atoms with Crippen LogP contribution in [0.5, 0.6) is 0 Å². The molecule has 0 aromatic heterocycles. The second-order valence-corrected chi connectivity index (χ2v) is 5.41. The van der Waals surface area contributed by atoms with E-state index in [0.717, 1.165) is 30.6 Å². The molecular formula is C14H22Cl2N2. The summed E-state index contributed by atoms with van der Waals surface area (Å²) in [7, 11) is 2.18. The van der Waals surface area contributed by atoms with Crippen LogP contribution in [0.2, 0.25) is 5.02 Å². The molecule has 1 fully saturated rings. The van der Waals surface area contributed by atoms with E-state index in [1.54, 1.807) is 0 Å². The molecule has 1 aliphatic rings. The average molecular weight is 289 g/mol. The summed E-state index contributed by atoms with van der Waals surface area (Å²) in [6.07, 6.45) is 2.66. The zero-order valence-electron chi connectivity index (χ0n) is 10.9. The minimum atomic E-state index is 0. The Balaban J connectivity index is 0.00000162. The Morgan fingerprint density at radius 3 is 2.83 bits per heavy atom. The molecule has 1 aromatic carbocycles. The lowest BCUT2D eigenvalue weighted by atomic mass is 9.99. The van der Waals surface area contributed by atoms with E-state index in [4.69, 9.17) is 11.6 Å². The van der Waals surface area contributed by atoms with E-state index in [9.17, 15) is 0 Å². The van der Waals surface area contributed by atoms with Crippen LogP contribution in [-0.2, 0) is 6.54 Å². The fourth-order valence-corrected chi connectivity index (χ4v) is 2.70. The number of nitrogens with zero attached hydrogens (tertiary/aromatic N) is 1. The maximum absolute atomic E-state index is 6.17. The molecule has 2 nitrogen and oxygen atoms in total. The maximum Gasteiger partial charge on any atom is 0.0451 e. The van der Waals surface area contributed by atoms with Gasteiger partial charge in [-0.2, -0.15) is 0 Å². The molecule has 102 valence electrons. The zero-order chi connectivity index (χ0) is 12.1. The molecule has 0 radical (unpaired) electrons. The van der Waals surface area contributed by atoms with Gasteiger partial charge in [0.05, 0.1) is 0 Å². The number of rotatable bonds is 4. The van der Waals surface area contributed by atoms with Crippen LogP contribution in [0.25, 0.3) is 0 Å². The number of hydrogen-bond acceptors (Lipinski definition) is 2. The van der Waals surface area contributed by atoms with E-state index in [1.807, 2.05) is 12.1 Å². The lowest BCUT2D eigenvalue weighted by Crippen LogP contribution is -2.36. The summed E-state index contributed by atoms with van der Waals surface area (Å²) in [6.45, 7) is 4.44. The van der Waals surface area contributed by atoms with Gasteiger partial charge in [0.1, 0.15) is 0 Å². The fraction of sp³-hybridized carbons (Fsp3) is 0.571. The third kappa shape index (κ3) is 4.77. The number of hydrogen-bond donors (Lipinski definition) is 1. The predicted molar refractivity (Wildman–Crippen MR) is 80.6 cm³/mol. The van der Waals surface area contributed by atoms with Crippen LogP contribution in [0, 0.1) is 5.92 Å². The number of piperidine rings is 1. The normalized spacial score (nSPS) is 19.6. The molecule has 1 N–H and O–H groups in total. The van der Waals surface area contributed by atoms with Crippen LogP contribution in [0.3, 0.4) is 0 Å². The lowest BCUT2D eigenvalue weighted by Gasteiger charge is -2.27. The predicted octanol–water partition coefficient (Wildman–Crippen LogP) is 3.19. The maximum atomic E-state index is 6.17. The van der Waals surface area contributed by atoms with Crippen LogP contribution >= 0.6 is 24.0 Å². The van der Waals surface area contributed by atoms with Crippen molar-refractivity contribution in [3.63, 3.8) is 0 Å². The molecule has 0 aliphatic carbocycles. The minimum absolute atomic E-state index is 0. The number of halogens is 2. The van der Waals surface area contributed by atoms with Crippen molar-refractivity contribution >= 4 is 24.0 Å². The number of nitrogens with one attached hydrogen (secondary N) is 1. The van der Waals surface area contributed by atoms with Gasteiger partial charge in [-0.05, 0) is 50.5 Å². The lowest BCUT2D eigenvalue weighted by molar-refractivity contribution is 0.237. The van der Waals surface area contributed by atoms with Crippen molar-refractivity contribution in [2.75, 3.05) is 26.7 Å². The van der Waals surface area contributed by atoms with Crippen molar-refractivity contribution in [2.24, 2.45) is 5.92 Å². The Morgan fingerprint density at radius 2 is 2.17 bits per heavy atom. The third-order valence-corrected chi connectivity index (χ3v) is 3.74. The molecule has 0 spiro atoms. The fourth-order valence-electron chi connectivity index (χ4n) is 2.50. The summed E-state index contributed by atoms with van der Waals surface area (Å²) in [5, 5.41) is 4.34. The smallest absolute Gasteiger partial charge is 0.0451 e. The standard InChI is InChI=1S/C14H21ClN2.ClH/c1-17(10-12-5-4-8-16-9-12)11-13-6-2-3-7-14(13)15;/h2-3,6-7,12,16H,4-5,8-11H2,1H3;1H. The molecular weight excluding hydrogens is 267 g/mol. The van der Waals surface area contributed by atoms with Crippen LogP contribution in [0.4, 0.5) is 0 Å². The van der Waals surface area contributed by atoms with Crippen LogP contribution < -0.4 is 5.32 Å². The van der Waals surface area contributed by atoms with Crippen molar-refractivity contribution in [1.82, 2.24) is 10.2 Å². The third-order valence-electron chi connectivity index (χ3n) is 3.37. The second-order valence-electron chi connectivity index (χ2n) is 5.00. The summed E-state index contributed by atoms with van der Waals surface area (Å²) < 4.78 is 0. The van der Waals surface area contributed by atoms with E-state index in [0.29, 0.717) is 0 Å². The van der Waals surface area contributed by atoms with Gasteiger partial charge >= 0.3 is 0 Å². The summed E-state index contributed by atoms with van der Waals surface area (Å²) in [6, 6.07) is 8.11. The summed E-state index contributed by atoms with van der Waals surface area (Å²) >= 11 is 6.17. The van der Waals surface area contributed by atoms with Gasteiger partial charge in [-0.1, -0.05) is 29.8 Å². The average Bonchev–Trinajstić information content (AvgIpc) is 2.33. The quantitative estimate of drug-likeness (QED) is 0.915. The van der Waals surface area contributed by atoms with Crippen LogP contribution in [0.15, 0.2) is 24.3 Å². The van der Waals surface area contributed by atoms with Gasteiger partial charge in [-0.3, -0.25) is 0 Å². The highest BCUT2D eigenvalue weighted by molar-refractivity contribution is 6.31. The second kappa shape index (κ2) is 8.00. The Morgan fingerprint density at radius 1 is 1.39 bits per heavy atom. The highest BCUT2D eigenvalue weighted by Gasteiger charge is 2.15. The van der Waals surface area contributed by atoms with Crippen molar-refractivity contribution in [1.29, 1.82) is 0 Å². The largest absolute Gasteiger partial charge is 0.316 e. The zero-order valence-corrected chi connectivity index (χ0v) is 12.4. The van der Waals surface area contributed by atoms with Crippen LogP contribution in [0.1, 0.15) is 18.4 Å². The molecule has 1 saturated heterocycles. The van der Waals surface area contributed by atoms with Crippen molar-refractivity contribution in [2.45, 2.75) is 19.4 Å². The van der Waals surface area contributed by atoms with Gasteiger partial charge in [-0.25, -0.2) is 0 Å². The first-order chi connectivity index (χ1) is 8.25. The topological polar surface area (TPSA) is 15.3 Å². The van der Waals surface area contributed by atoms with E-state index >= 15 is 0 Å². The molecule has 1 heterocycles. The van der Waals surface area contributed by atoms with Gasteiger partial charge < -0.3 is 10.2 Å². The van der Waals surface area contributed by atoms with E-state index in [1.165, 1.54) is 24.9 Å². The summed E-state index contributed by atoms with van der Waals surface area (Å²) in [5.41, 5.74) is 1.22. The Labute approximate surface area is 121 Å². The van der Waals surface area contributed by atoms with E-state index in [2.05, 4.69) is 29.4 Å². The van der Waals surface area contributed by atoms with Gasteiger partial charge in [0.15, 0.2) is 0 Å². The van der Waals surface area contributed by atoms with Crippen molar-refractivity contribution in [3.05, 3.63) is 34.9 Å². The first-order valence-electron chi connectivity index (χ1n) is 6.38. The molecule has 0 bridgehead atoms. The molecule has 1 aromatic rings. The van der Waals surface area contributed by atoms with Crippen LogP contribution in [-0.4, -0.2) is 31.6 Å². The van der Waals surface area contributed by atoms with E-state index in [-0.39, 0.29) is 12.4 Å². The molecule has 1 aliphatic heterocycles. The van der Waals surface area contributed by atoms with Gasteiger partial charge in [0, 0.05) is 18.1 Å². The molecule has 0 amide bonds. The molecule has 1 unspecified atom stereocenters. The molecule has 2 rings (SSSR count). The van der Waals surface area contributed by atoms with Crippen molar-refractivity contribution in [3.8, 4) is 0 Å². The highest BCUT2D eigenvalue weighted by atomic mass is 35.5. The van der Waals surface area contributed by atoms with Crippen molar-refractivity contribution < 1.29 is 0 Å². The number of benzene rings is 1. The molecule has 0 saturated carbocycles. The Kier molecular flexibility index (Phi) is 7.02. The SMILES string of the molecule is CN(Cc1ccccc1Cl)CC1CCCNC1.Cl. The molecule has 4 heteroatoms. The first-order valence-corrected chi connectivity index (χ1v) is 6.76.